The molecule has 1 N–H and O–H groups in total. The van der Waals surface area contributed by atoms with E-state index in [1.165, 1.54) is 35.8 Å². The normalized spacial score (nSPS) is 19.8. The maximum absolute atomic E-state index is 12.9. The third-order valence-electron chi connectivity index (χ3n) is 6.95. The molecule has 0 bridgehead atoms. The minimum absolute atomic E-state index is 0.0506. The highest BCUT2D eigenvalue weighted by Gasteiger charge is 2.31. The van der Waals surface area contributed by atoms with Crippen molar-refractivity contribution in [1.82, 2.24) is 14.5 Å². The number of nitrogens with zero attached hydrogens (tertiary/aromatic N) is 2. The summed E-state index contributed by atoms with van der Waals surface area (Å²) >= 11 is 0. The molecular formula is C27H37N3O3S. The number of carbonyl (C=O) groups is 1. The van der Waals surface area contributed by atoms with E-state index in [9.17, 15) is 13.2 Å². The summed E-state index contributed by atoms with van der Waals surface area (Å²) in [6.45, 7) is 4.62. The predicted octanol–water partition coefficient (Wildman–Crippen LogP) is 3.57. The zero-order valence-corrected chi connectivity index (χ0v) is 20.8. The standard InChI is InChI=1S/C27H37N3O3S/c31-27(28-20-24-12-14-25(15-13-24)21-29-16-4-5-17-29)26-11-6-18-30(22-26)34(32,33)19-7-10-23-8-2-1-3-9-23/h1-3,8-9,12-15,26H,4-7,10-11,16-22H2,(H,28,31). The van der Waals surface area contributed by atoms with Gasteiger partial charge in [-0.2, -0.15) is 0 Å². The van der Waals surface area contributed by atoms with Crippen LogP contribution in [-0.4, -0.2) is 55.5 Å². The van der Waals surface area contributed by atoms with Crippen LogP contribution in [0, 0.1) is 5.92 Å². The molecule has 34 heavy (non-hydrogen) atoms. The van der Waals surface area contributed by atoms with Gasteiger partial charge in [-0.25, -0.2) is 12.7 Å². The van der Waals surface area contributed by atoms with Gasteiger partial charge in [-0.15, -0.1) is 0 Å². The van der Waals surface area contributed by atoms with E-state index in [0.717, 1.165) is 36.9 Å². The van der Waals surface area contributed by atoms with Crippen molar-refractivity contribution in [3.05, 3.63) is 71.3 Å². The molecule has 6 nitrogen and oxygen atoms in total. The number of hydrogen-bond donors (Lipinski definition) is 1. The predicted molar refractivity (Wildman–Crippen MR) is 136 cm³/mol. The number of likely N-dealkylation sites (tertiary alicyclic amines) is 1. The molecule has 2 aromatic rings. The first-order valence-corrected chi connectivity index (χ1v) is 14.2. The van der Waals surface area contributed by atoms with Gasteiger partial charge in [0.15, 0.2) is 0 Å². The number of rotatable bonds is 10. The Morgan fingerprint density at radius 2 is 1.59 bits per heavy atom. The van der Waals surface area contributed by atoms with E-state index in [2.05, 4.69) is 34.5 Å². The van der Waals surface area contributed by atoms with Gasteiger partial charge in [-0.3, -0.25) is 9.69 Å². The number of amides is 1. The fraction of sp³-hybridized carbons (Fsp3) is 0.519. The molecule has 2 fully saturated rings. The summed E-state index contributed by atoms with van der Waals surface area (Å²) in [4.78, 5) is 15.3. The molecule has 1 atom stereocenters. The number of sulfonamides is 1. The minimum atomic E-state index is -3.35. The number of piperidine rings is 1. The lowest BCUT2D eigenvalue weighted by Crippen LogP contribution is -2.46. The van der Waals surface area contributed by atoms with Crippen LogP contribution in [0.15, 0.2) is 54.6 Å². The lowest BCUT2D eigenvalue weighted by Gasteiger charge is -2.31. The molecule has 2 heterocycles. The van der Waals surface area contributed by atoms with E-state index < -0.39 is 10.0 Å². The van der Waals surface area contributed by atoms with Gasteiger partial charge in [-0.1, -0.05) is 54.6 Å². The summed E-state index contributed by atoms with van der Waals surface area (Å²) in [5.74, 6) is -0.211. The highest BCUT2D eigenvalue weighted by atomic mass is 32.2. The summed E-state index contributed by atoms with van der Waals surface area (Å²) in [7, 11) is -3.35. The molecule has 2 aromatic carbocycles. The van der Waals surface area contributed by atoms with Crippen molar-refractivity contribution in [2.75, 3.05) is 31.9 Å². The second-order valence-electron chi connectivity index (χ2n) is 9.62. The quantitative estimate of drug-likeness (QED) is 0.561. The molecule has 0 spiro atoms. The molecule has 0 saturated carbocycles. The van der Waals surface area contributed by atoms with E-state index in [-0.39, 0.29) is 24.1 Å². The van der Waals surface area contributed by atoms with Crippen molar-refractivity contribution in [3.63, 3.8) is 0 Å². The van der Waals surface area contributed by atoms with Crippen molar-refractivity contribution >= 4 is 15.9 Å². The largest absolute Gasteiger partial charge is 0.352 e. The average Bonchev–Trinajstić information content (AvgIpc) is 3.37. The molecule has 1 amide bonds. The monoisotopic (exact) mass is 483 g/mol. The van der Waals surface area contributed by atoms with Crippen LogP contribution in [0.4, 0.5) is 0 Å². The third-order valence-corrected chi connectivity index (χ3v) is 8.88. The van der Waals surface area contributed by atoms with Crippen molar-refractivity contribution in [2.45, 2.75) is 51.6 Å². The maximum Gasteiger partial charge on any atom is 0.224 e. The highest BCUT2D eigenvalue weighted by Crippen LogP contribution is 2.21. The Morgan fingerprint density at radius 1 is 0.882 bits per heavy atom. The van der Waals surface area contributed by atoms with E-state index in [1.54, 1.807) is 0 Å². The van der Waals surface area contributed by atoms with E-state index in [0.29, 0.717) is 19.5 Å². The zero-order chi connectivity index (χ0) is 23.8. The van der Waals surface area contributed by atoms with Crippen molar-refractivity contribution in [2.24, 2.45) is 5.92 Å². The Bertz CT molecular complexity index is 1020. The van der Waals surface area contributed by atoms with Crippen LogP contribution in [-0.2, 0) is 34.3 Å². The molecule has 2 aliphatic rings. The van der Waals surface area contributed by atoms with Crippen molar-refractivity contribution in [3.8, 4) is 0 Å². The molecule has 0 aliphatic carbocycles. The molecule has 4 rings (SSSR count). The minimum Gasteiger partial charge on any atom is -0.352 e. The first-order valence-electron chi connectivity index (χ1n) is 12.6. The van der Waals surface area contributed by atoms with Crippen molar-refractivity contribution < 1.29 is 13.2 Å². The van der Waals surface area contributed by atoms with Gasteiger partial charge >= 0.3 is 0 Å². The lowest BCUT2D eigenvalue weighted by atomic mass is 9.98. The fourth-order valence-corrected chi connectivity index (χ4v) is 6.52. The summed E-state index contributed by atoms with van der Waals surface area (Å²) in [5, 5.41) is 3.03. The summed E-state index contributed by atoms with van der Waals surface area (Å²) < 4.78 is 27.3. The van der Waals surface area contributed by atoms with Crippen LogP contribution in [0.1, 0.15) is 48.8 Å². The summed E-state index contributed by atoms with van der Waals surface area (Å²) in [6.07, 6.45) is 5.37. The molecule has 2 aliphatic heterocycles. The van der Waals surface area contributed by atoms with Gasteiger partial charge in [0.25, 0.3) is 0 Å². The third kappa shape index (κ3) is 7.14. The van der Waals surface area contributed by atoms with Crippen molar-refractivity contribution in [1.29, 1.82) is 0 Å². The molecular weight excluding hydrogens is 446 g/mol. The van der Waals surface area contributed by atoms with Crippen LogP contribution in [0.2, 0.25) is 0 Å². The summed E-state index contributed by atoms with van der Waals surface area (Å²) in [5.41, 5.74) is 3.52. The second-order valence-corrected chi connectivity index (χ2v) is 11.7. The first kappa shape index (κ1) is 24.9. The van der Waals surface area contributed by atoms with Gasteiger partial charge < -0.3 is 5.32 Å². The number of benzene rings is 2. The van der Waals surface area contributed by atoms with Crippen LogP contribution < -0.4 is 5.32 Å². The Morgan fingerprint density at radius 3 is 2.32 bits per heavy atom. The van der Waals surface area contributed by atoms with Gasteiger partial charge in [0, 0.05) is 26.2 Å². The molecule has 0 aromatic heterocycles. The fourth-order valence-electron chi connectivity index (χ4n) is 4.94. The Kier molecular flexibility index (Phi) is 8.75. The van der Waals surface area contributed by atoms with Crippen LogP contribution in [0.5, 0.6) is 0 Å². The smallest absolute Gasteiger partial charge is 0.224 e. The van der Waals surface area contributed by atoms with Gasteiger partial charge in [0.2, 0.25) is 15.9 Å². The molecule has 0 radical (unpaired) electrons. The van der Waals surface area contributed by atoms with E-state index in [4.69, 9.17) is 0 Å². The zero-order valence-electron chi connectivity index (χ0n) is 20.0. The van der Waals surface area contributed by atoms with E-state index >= 15 is 0 Å². The van der Waals surface area contributed by atoms with Gasteiger partial charge in [0.1, 0.15) is 0 Å². The van der Waals surface area contributed by atoms with Crippen LogP contribution >= 0.6 is 0 Å². The second kappa shape index (κ2) is 12.0. The SMILES string of the molecule is O=C(NCc1ccc(CN2CCCC2)cc1)C1CCCN(S(=O)(=O)CCCc2ccccc2)C1. The molecule has 1 unspecified atom stereocenters. The van der Waals surface area contributed by atoms with Crippen LogP contribution in [0.25, 0.3) is 0 Å². The number of hydrogen-bond acceptors (Lipinski definition) is 4. The first-order chi connectivity index (χ1) is 16.5. The maximum atomic E-state index is 12.9. The van der Waals surface area contributed by atoms with Gasteiger partial charge in [0.05, 0.1) is 11.7 Å². The Hall–Kier alpha value is -2.22. The summed E-state index contributed by atoms with van der Waals surface area (Å²) in [6, 6.07) is 18.4. The number of carbonyl (C=O) groups excluding carboxylic acids is 1. The van der Waals surface area contributed by atoms with Crippen LogP contribution in [0.3, 0.4) is 0 Å². The molecule has 184 valence electrons. The molecule has 2 saturated heterocycles. The highest BCUT2D eigenvalue weighted by molar-refractivity contribution is 7.89. The van der Waals surface area contributed by atoms with E-state index in [1.807, 2.05) is 30.3 Å². The molecule has 7 heteroatoms. The number of nitrogens with one attached hydrogen (secondary N) is 1. The lowest BCUT2D eigenvalue weighted by molar-refractivity contribution is -0.126. The Balaban J connectivity index is 1.22. The average molecular weight is 484 g/mol. The Labute approximate surface area is 204 Å². The van der Waals surface area contributed by atoms with Gasteiger partial charge in [-0.05, 0) is 68.3 Å². The topological polar surface area (TPSA) is 69.7 Å². The number of aryl methyl sites for hydroxylation is 1.